The van der Waals surface area contributed by atoms with Crippen molar-refractivity contribution in [3.8, 4) is 0 Å². The Morgan fingerprint density at radius 1 is 1.38 bits per heavy atom. The topological polar surface area (TPSA) is 73.9 Å². The first-order valence-electron chi connectivity index (χ1n) is 7.80. The molecule has 0 aromatic heterocycles. The van der Waals surface area contributed by atoms with Crippen molar-refractivity contribution >= 4 is 11.9 Å². The van der Waals surface area contributed by atoms with Gasteiger partial charge < -0.3 is 19.5 Å². The molecule has 0 spiro atoms. The van der Waals surface area contributed by atoms with Crippen molar-refractivity contribution in [3.63, 3.8) is 0 Å². The van der Waals surface area contributed by atoms with E-state index in [-0.39, 0.29) is 18.6 Å². The lowest BCUT2D eigenvalue weighted by molar-refractivity contribution is -0.160. The summed E-state index contributed by atoms with van der Waals surface area (Å²) < 4.78 is 15.7. The van der Waals surface area contributed by atoms with E-state index in [2.05, 4.69) is 12.2 Å². The molecule has 1 saturated heterocycles. The summed E-state index contributed by atoms with van der Waals surface area (Å²) in [5, 5.41) is 2.71. The zero-order chi connectivity index (χ0) is 15.5. The second-order valence-corrected chi connectivity index (χ2v) is 5.28. The SMILES string of the molecule is CCCCCNC(=O)COC(=O)C(C)OCC1CCCO1. The summed E-state index contributed by atoms with van der Waals surface area (Å²) in [6, 6.07) is 0. The molecule has 0 saturated carbocycles. The van der Waals surface area contributed by atoms with Crippen LogP contribution in [0, 0.1) is 0 Å². The number of carbonyl (C=O) groups excluding carboxylic acids is 2. The summed E-state index contributed by atoms with van der Waals surface area (Å²) in [4.78, 5) is 23.1. The van der Waals surface area contributed by atoms with E-state index in [1.165, 1.54) is 0 Å². The van der Waals surface area contributed by atoms with Gasteiger partial charge in [0.1, 0.15) is 0 Å². The standard InChI is InChI=1S/C15H27NO5/c1-3-4-5-8-16-14(17)11-21-15(18)12(2)20-10-13-7-6-9-19-13/h12-13H,3-11H2,1-2H3,(H,16,17). The predicted molar refractivity (Wildman–Crippen MR) is 77.9 cm³/mol. The highest BCUT2D eigenvalue weighted by Crippen LogP contribution is 2.12. The third-order valence-corrected chi connectivity index (χ3v) is 3.34. The number of nitrogens with one attached hydrogen (secondary N) is 1. The minimum atomic E-state index is -0.679. The quantitative estimate of drug-likeness (QED) is 0.488. The molecule has 1 rings (SSSR count). The van der Waals surface area contributed by atoms with Gasteiger partial charge in [-0.1, -0.05) is 19.8 Å². The average Bonchev–Trinajstić information content (AvgIpc) is 3.00. The Hall–Kier alpha value is -1.14. The molecule has 1 N–H and O–H groups in total. The molecule has 1 fully saturated rings. The first kappa shape index (κ1) is 17.9. The first-order valence-corrected chi connectivity index (χ1v) is 7.80. The Labute approximate surface area is 126 Å². The minimum absolute atomic E-state index is 0.0714. The van der Waals surface area contributed by atoms with Crippen molar-refractivity contribution in [2.24, 2.45) is 0 Å². The van der Waals surface area contributed by atoms with Gasteiger partial charge in [0, 0.05) is 13.2 Å². The highest BCUT2D eigenvalue weighted by Gasteiger charge is 2.21. The summed E-state index contributed by atoms with van der Waals surface area (Å²) in [5.74, 6) is -0.789. The van der Waals surface area contributed by atoms with Crippen molar-refractivity contribution in [1.82, 2.24) is 5.32 Å². The van der Waals surface area contributed by atoms with Gasteiger partial charge in [0.25, 0.3) is 5.91 Å². The molecule has 2 atom stereocenters. The van der Waals surface area contributed by atoms with E-state index >= 15 is 0 Å². The number of ether oxygens (including phenoxy) is 3. The minimum Gasteiger partial charge on any atom is -0.454 e. The predicted octanol–water partition coefficient (Wildman–Crippen LogP) is 1.42. The summed E-state index contributed by atoms with van der Waals surface area (Å²) in [6.45, 7) is 5.23. The molecule has 6 nitrogen and oxygen atoms in total. The van der Waals surface area contributed by atoms with Gasteiger partial charge in [-0.05, 0) is 26.2 Å². The molecule has 1 aliphatic rings. The van der Waals surface area contributed by atoms with E-state index in [1.54, 1.807) is 6.92 Å². The van der Waals surface area contributed by atoms with E-state index < -0.39 is 12.1 Å². The lowest BCUT2D eigenvalue weighted by atomic mass is 10.2. The fourth-order valence-electron chi connectivity index (χ4n) is 2.00. The highest BCUT2D eigenvalue weighted by molar-refractivity contribution is 5.81. The zero-order valence-electron chi connectivity index (χ0n) is 13.1. The van der Waals surface area contributed by atoms with Crippen LogP contribution in [0.25, 0.3) is 0 Å². The molecule has 1 heterocycles. The first-order chi connectivity index (χ1) is 10.1. The lowest BCUT2D eigenvalue weighted by Gasteiger charge is -2.15. The van der Waals surface area contributed by atoms with Crippen molar-refractivity contribution in [1.29, 1.82) is 0 Å². The van der Waals surface area contributed by atoms with E-state index in [0.717, 1.165) is 38.7 Å². The normalized spacial score (nSPS) is 19.2. The third-order valence-electron chi connectivity index (χ3n) is 3.34. The Balaban J connectivity index is 2.06. The third kappa shape index (κ3) is 8.02. The number of rotatable bonds is 10. The van der Waals surface area contributed by atoms with Gasteiger partial charge in [0.2, 0.25) is 0 Å². The molecule has 0 aromatic carbocycles. The van der Waals surface area contributed by atoms with Gasteiger partial charge in [-0.25, -0.2) is 4.79 Å². The van der Waals surface area contributed by atoms with E-state index in [1.807, 2.05) is 0 Å². The van der Waals surface area contributed by atoms with Crippen LogP contribution in [0.15, 0.2) is 0 Å². The summed E-state index contributed by atoms with van der Waals surface area (Å²) >= 11 is 0. The molecule has 6 heteroatoms. The number of amides is 1. The number of hydrogen-bond acceptors (Lipinski definition) is 5. The molecule has 1 aliphatic heterocycles. The van der Waals surface area contributed by atoms with E-state index in [0.29, 0.717) is 13.2 Å². The zero-order valence-corrected chi connectivity index (χ0v) is 13.1. The highest BCUT2D eigenvalue weighted by atomic mass is 16.6. The van der Waals surface area contributed by atoms with Crippen LogP contribution in [0.3, 0.4) is 0 Å². The lowest BCUT2D eigenvalue weighted by Crippen LogP contribution is -2.33. The van der Waals surface area contributed by atoms with Crippen LogP contribution >= 0.6 is 0 Å². The monoisotopic (exact) mass is 301 g/mol. The fraction of sp³-hybridized carbons (Fsp3) is 0.867. The smallest absolute Gasteiger partial charge is 0.335 e. The maximum Gasteiger partial charge on any atom is 0.335 e. The van der Waals surface area contributed by atoms with Crippen LogP contribution in [-0.2, 0) is 23.8 Å². The van der Waals surface area contributed by atoms with Crippen molar-refractivity contribution < 1.29 is 23.8 Å². The van der Waals surface area contributed by atoms with E-state index in [4.69, 9.17) is 14.2 Å². The van der Waals surface area contributed by atoms with Crippen molar-refractivity contribution in [2.45, 2.75) is 58.2 Å². The molecule has 0 aliphatic carbocycles. The maximum absolute atomic E-state index is 11.7. The average molecular weight is 301 g/mol. The second kappa shape index (κ2) is 10.6. The van der Waals surface area contributed by atoms with Crippen LogP contribution < -0.4 is 5.32 Å². The van der Waals surface area contributed by atoms with Gasteiger partial charge in [0.05, 0.1) is 12.7 Å². The van der Waals surface area contributed by atoms with Crippen LogP contribution in [0.1, 0.15) is 46.0 Å². The van der Waals surface area contributed by atoms with Gasteiger partial charge in [0.15, 0.2) is 12.7 Å². The molecule has 0 aromatic rings. The van der Waals surface area contributed by atoms with Crippen LogP contribution in [0.2, 0.25) is 0 Å². The number of carbonyl (C=O) groups is 2. The molecule has 21 heavy (non-hydrogen) atoms. The van der Waals surface area contributed by atoms with Crippen LogP contribution in [0.5, 0.6) is 0 Å². The van der Waals surface area contributed by atoms with Crippen molar-refractivity contribution in [2.75, 3.05) is 26.4 Å². The molecular formula is C15H27NO5. The van der Waals surface area contributed by atoms with Gasteiger partial charge >= 0.3 is 5.97 Å². The Kier molecular flexibility index (Phi) is 9.01. The maximum atomic E-state index is 11.7. The summed E-state index contributed by atoms with van der Waals surface area (Å²) in [5.41, 5.74) is 0. The Bertz CT molecular complexity index is 315. The van der Waals surface area contributed by atoms with Crippen molar-refractivity contribution in [3.05, 3.63) is 0 Å². The van der Waals surface area contributed by atoms with E-state index in [9.17, 15) is 9.59 Å². The molecule has 122 valence electrons. The summed E-state index contributed by atoms with van der Waals surface area (Å²) in [6.07, 6.45) is 4.51. The largest absolute Gasteiger partial charge is 0.454 e. The molecule has 2 unspecified atom stereocenters. The molecular weight excluding hydrogens is 274 g/mol. The summed E-state index contributed by atoms with van der Waals surface area (Å²) in [7, 11) is 0. The fourth-order valence-corrected chi connectivity index (χ4v) is 2.00. The number of unbranched alkanes of at least 4 members (excludes halogenated alkanes) is 2. The van der Waals surface area contributed by atoms with Crippen LogP contribution in [0.4, 0.5) is 0 Å². The van der Waals surface area contributed by atoms with Gasteiger partial charge in [-0.3, -0.25) is 4.79 Å². The Morgan fingerprint density at radius 2 is 2.19 bits per heavy atom. The number of hydrogen-bond donors (Lipinski definition) is 1. The molecule has 1 amide bonds. The Morgan fingerprint density at radius 3 is 2.86 bits per heavy atom. The van der Waals surface area contributed by atoms with Crippen LogP contribution in [-0.4, -0.2) is 50.4 Å². The molecule has 0 radical (unpaired) electrons. The van der Waals surface area contributed by atoms with Gasteiger partial charge in [-0.15, -0.1) is 0 Å². The van der Waals surface area contributed by atoms with Gasteiger partial charge in [-0.2, -0.15) is 0 Å². The molecule has 0 bridgehead atoms. The second-order valence-electron chi connectivity index (χ2n) is 5.28. The number of esters is 1.